The van der Waals surface area contributed by atoms with Gasteiger partial charge in [-0.3, -0.25) is 0 Å². The molecule has 0 heterocycles. The first-order valence-electron chi connectivity index (χ1n) is 4.10. The van der Waals surface area contributed by atoms with Crippen molar-refractivity contribution in [2.75, 3.05) is 0 Å². The van der Waals surface area contributed by atoms with Crippen LogP contribution < -0.4 is 0 Å². The smallest absolute Gasteiger partial charge is 0.0172 e. The third kappa shape index (κ3) is 0.654. The van der Waals surface area contributed by atoms with Crippen molar-refractivity contribution < 1.29 is 0 Å². The van der Waals surface area contributed by atoms with Crippen LogP contribution in [-0.2, 0) is 0 Å². The zero-order valence-corrected chi connectivity index (χ0v) is 6.06. The van der Waals surface area contributed by atoms with Crippen LogP contribution in [0.25, 0.3) is 0 Å². The molecule has 0 unspecified atom stereocenters. The second-order valence-electron chi connectivity index (χ2n) is 3.31. The lowest BCUT2D eigenvalue weighted by Crippen LogP contribution is -2.22. The molecule has 2 aliphatic rings. The van der Waals surface area contributed by atoms with Crippen LogP contribution in [0.1, 0.15) is 32.6 Å². The summed E-state index contributed by atoms with van der Waals surface area (Å²) < 4.78 is 0. The summed E-state index contributed by atoms with van der Waals surface area (Å²) in [5.74, 6) is 2.12. The summed E-state index contributed by atoms with van der Waals surface area (Å²) >= 11 is 0. The third-order valence-electron chi connectivity index (χ3n) is 2.98. The van der Waals surface area contributed by atoms with E-state index in [-0.39, 0.29) is 0 Å². The summed E-state index contributed by atoms with van der Waals surface area (Å²) in [5.41, 5.74) is 1.76. The molecule has 9 heavy (non-hydrogen) atoms. The molecular weight excluding hydrogens is 108 g/mol. The van der Waals surface area contributed by atoms with Gasteiger partial charge in [0.05, 0.1) is 0 Å². The molecule has 0 saturated heterocycles. The molecule has 50 valence electrons. The van der Waals surface area contributed by atoms with Gasteiger partial charge < -0.3 is 0 Å². The topological polar surface area (TPSA) is 0 Å². The standard InChI is InChI=1S/C9H14/c1-2-7-3-4-8-5-6-9(7)8/h3,8-9H,2,4-6H2,1H3/t8-,9+/m1/s1. The van der Waals surface area contributed by atoms with Gasteiger partial charge in [-0.15, -0.1) is 0 Å². The molecule has 0 radical (unpaired) electrons. The first-order valence-corrected chi connectivity index (χ1v) is 4.10. The van der Waals surface area contributed by atoms with Gasteiger partial charge in [0.2, 0.25) is 0 Å². The van der Waals surface area contributed by atoms with Gasteiger partial charge in [-0.1, -0.05) is 18.6 Å². The molecule has 0 heteroatoms. The predicted octanol–water partition coefficient (Wildman–Crippen LogP) is 2.75. The van der Waals surface area contributed by atoms with Crippen LogP contribution in [-0.4, -0.2) is 0 Å². The average Bonchev–Trinajstić information content (AvgIpc) is 2.07. The summed E-state index contributed by atoms with van der Waals surface area (Å²) in [6, 6.07) is 0. The van der Waals surface area contributed by atoms with Crippen molar-refractivity contribution in [1.29, 1.82) is 0 Å². The molecule has 1 fully saturated rings. The minimum atomic E-state index is 1.04. The molecule has 0 bridgehead atoms. The van der Waals surface area contributed by atoms with E-state index in [2.05, 4.69) is 13.0 Å². The number of hydrogen-bond acceptors (Lipinski definition) is 0. The van der Waals surface area contributed by atoms with Gasteiger partial charge in [-0.2, -0.15) is 0 Å². The largest absolute Gasteiger partial charge is 0.0848 e. The van der Waals surface area contributed by atoms with Gasteiger partial charge >= 0.3 is 0 Å². The van der Waals surface area contributed by atoms with E-state index in [1.165, 1.54) is 25.7 Å². The van der Waals surface area contributed by atoms with Crippen LogP contribution in [0.3, 0.4) is 0 Å². The predicted molar refractivity (Wildman–Crippen MR) is 39.2 cm³/mol. The summed E-state index contributed by atoms with van der Waals surface area (Å²) in [4.78, 5) is 0. The van der Waals surface area contributed by atoms with Gasteiger partial charge in [0.25, 0.3) is 0 Å². The van der Waals surface area contributed by atoms with E-state index in [4.69, 9.17) is 0 Å². The van der Waals surface area contributed by atoms with Crippen LogP contribution in [0.2, 0.25) is 0 Å². The molecule has 0 amide bonds. The number of rotatable bonds is 1. The molecule has 0 aromatic rings. The van der Waals surface area contributed by atoms with Crippen molar-refractivity contribution in [2.45, 2.75) is 32.6 Å². The van der Waals surface area contributed by atoms with Crippen molar-refractivity contribution in [2.24, 2.45) is 11.8 Å². The van der Waals surface area contributed by atoms with Crippen LogP contribution in [0.15, 0.2) is 11.6 Å². The Morgan fingerprint density at radius 2 is 2.44 bits per heavy atom. The van der Waals surface area contributed by atoms with E-state index < -0.39 is 0 Å². The molecule has 0 aromatic carbocycles. The molecule has 0 aliphatic heterocycles. The lowest BCUT2D eigenvalue weighted by molar-refractivity contribution is 0.235. The van der Waals surface area contributed by atoms with Crippen LogP contribution in [0.5, 0.6) is 0 Å². The second-order valence-corrected chi connectivity index (χ2v) is 3.31. The summed E-state index contributed by atoms with van der Waals surface area (Å²) in [5, 5.41) is 0. The van der Waals surface area contributed by atoms with E-state index >= 15 is 0 Å². The van der Waals surface area contributed by atoms with Crippen molar-refractivity contribution in [3.05, 3.63) is 11.6 Å². The van der Waals surface area contributed by atoms with E-state index in [9.17, 15) is 0 Å². The van der Waals surface area contributed by atoms with Crippen molar-refractivity contribution >= 4 is 0 Å². The van der Waals surface area contributed by atoms with E-state index in [0.717, 1.165) is 11.8 Å². The Bertz CT molecular complexity index is 144. The van der Waals surface area contributed by atoms with E-state index in [0.29, 0.717) is 0 Å². The van der Waals surface area contributed by atoms with Crippen LogP contribution in [0.4, 0.5) is 0 Å². The van der Waals surface area contributed by atoms with Gasteiger partial charge in [-0.25, -0.2) is 0 Å². The van der Waals surface area contributed by atoms with Crippen molar-refractivity contribution in [1.82, 2.24) is 0 Å². The molecule has 2 aliphatic carbocycles. The molecule has 1 saturated carbocycles. The van der Waals surface area contributed by atoms with Gasteiger partial charge in [0.15, 0.2) is 0 Å². The Balaban J connectivity index is 2.08. The Hall–Kier alpha value is -0.260. The Morgan fingerprint density at radius 1 is 1.56 bits per heavy atom. The molecule has 0 aromatic heterocycles. The van der Waals surface area contributed by atoms with Gasteiger partial charge in [-0.05, 0) is 37.5 Å². The fraction of sp³-hybridized carbons (Fsp3) is 0.778. The molecular formula is C9H14. The molecule has 0 spiro atoms. The fourth-order valence-corrected chi connectivity index (χ4v) is 2.20. The second kappa shape index (κ2) is 1.86. The lowest BCUT2D eigenvalue weighted by Gasteiger charge is -2.32. The SMILES string of the molecule is CCC1=CC[C@@H]2CC[C@@H]12. The highest BCUT2D eigenvalue weighted by molar-refractivity contribution is 5.18. The highest BCUT2D eigenvalue weighted by Gasteiger charge is 2.35. The highest BCUT2D eigenvalue weighted by atomic mass is 14.4. The third-order valence-corrected chi connectivity index (χ3v) is 2.98. The zero-order chi connectivity index (χ0) is 6.27. The van der Waals surface area contributed by atoms with Crippen molar-refractivity contribution in [3.8, 4) is 0 Å². The number of allylic oxidation sites excluding steroid dienone is 2. The lowest BCUT2D eigenvalue weighted by atomic mass is 9.73. The maximum absolute atomic E-state index is 2.47. The number of fused-ring (bicyclic) bond motifs is 1. The quantitative estimate of drug-likeness (QED) is 0.469. The molecule has 0 N–H and O–H groups in total. The van der Waals surface area contributed by atoms with Crippen molar-refractivity contribution in [3.63, 3.8) is 0 Å². The Morgan fingerprint density at radius 3 is 2.78 bits per heavy atom. The number of hydrogen-bond donors (Lipinski definition) is 0. The summed E-state index contributed by atoms with van der Waals surface area (Å²) in [6.45, 7) is 2.28. The fourth-order valence-electron chi connectivity index (χ4n) is 2.20. The summed E-state index contributed by atoms with van der Waals surface area (Å²) in [6.07, 6.45) is 8.17. The van der Waals surface area contributed by atoms with E-state index in [1.54, 1.807) is 5.57 Å². The average molecular weight is 122 g/mol. The summed E-state index contributed by atoms with van der Waals surface area (Å²) in [7, 11) is 0. The maximum atomic E-state index is 2.47. The molecule has 2 atom stereocenters. The first kappa shape index (κ1) is 5.52. The molecule has 0 nitrogen and oxygen atoms in total. The van der Waals surface area contributed by atoms with E-state index in [1.807, 2.05) is 0 Å². The normalized spacial score (nSPS) is 39.4. The Labute approximate surface area is 57.0 Å². The Kier molecular flexibility index (Phi) is 1.14. The minimum absolute atomic E-state index is 1.04. The minimum Gasteiger partial charge on any atom is -0.0848 e. The van der Waals surface area contributed by atoms with Crippen LogP contribution in [0, 0.1) is 11.8 Å². The first-order chi connectivity index (χ1) is 4.42. The monoisotopic (exact) mass is 122 g/mol. The highest BCUT2D eigenvalue weighted by Crippen LogP contribution is 2.47. The van der Waals surface area contributed by atoms with Gasteiger partial charge in [0, 0.05) is 0 Å². The van der Waals surface area contributed by atoms with Gasteiger partial charge in [0.1, 0.15) is 0 Å². The maximum Gasteiger partial charge on any atom is -0.0172 e. The molecule has 2 rings (SSSR count). The van der Waals surface area contributed by atoms with Crippen LogP contribution >= 0.6 is 0 Å². The zero-order valence-electron chi connectivity index (χ0n) is 6.06.